The van der Waals surface area contributed by atoms with E-state index in [1.165, 1.54) is 131 Å². The van der Waals surface area contributed by atoms with Gasteiger partial charge >= 0.3 is 5.97 Å². The van der Waals surface area contributed by atoms with E-state index in [-0.39, 0.29) is 88.3 Å². The Bertz CT molecular complexity index is 6530. The van der Waals surface area contributed by atoms with Crippen molar-refractivity contribution in [1.82, 2.24) is 0 Å². The molecule has 4 bridgehead atoms. The lowest BCUT2D eigenvalue weighted by atomic mass is 9.49. The summed E-state index contributed by atoms with van der Waals surface area (Å²) in [7, 11) is -0.251. The van der Waals surface area contributed by atoms with Gasteiger partial charge in [0.25, 0.3) is 0 Å². The third-order valence-corrected chi connectivity index (χ3v) is 35.0. The molecule has 5 aliphatic rings. The molecule has 0 atom stereocenters. The van der Waals surface area contributed by atoms with Gasteiger partial charge in [0.05, 0.1) is 55.1 Å². The topological polar surface area (TPSA) is 207 Å². The number of carbonyl (C=O) groups is 5. The van der Waals surface area contributed by atoms with Gasteiger partial charge in [-0.3, -0.25) is 4.79 Å². The highest BCUT2D eigenvalue weighted by atomic mass is 32.2. The molecule has 0 spiro atoms. The van der Waals surface area contributed by atoms with Crippen LogP contribution in [0.25, 0.3) is 10.8 Å². The smallest absolute Gasteiger partial charge is 0.335 e. The Kier molecular flexibility index (Phi) is 38.9. The molecule has 0 aliphatic heterocycles. The molecule has 0 unspecified atom stereocenters. The summed E-state index contributed by atoms with van der Waals surface area (Å²) in [6.07, 6.45) is 11.7. The molecule has 1 N–H and O–H groups in total. The number of aromatic carboxylic acids is 2. The van der Waals surface area contributed by atoms with Crippen LogP contribution in [0.15, 0.2) is 489 Å². The minimum absolute atomic E-state index is 0.00628. The van der Waals surface area contributed by atoms with Crippen LogP contribution in [0, 0.1) is 29.1 Å². The van der Waals surface area contributed by atoms with E-state index in [2.05, 4.69) is 423 Å². The number of carboxylic acid groups (broad SMARTS) is 4. The first kappa shape index (κ1) is 110. The number of rotatable bonds is 19. The van der Waals surface area contributed by atoms with Crippen molar-refractivity contribution in [3.63, 3.8) is 0 Å². The maximum atomic E-state index is 12.0. The Labute approximate surface area is 876 Å². The van der Waals surface area contributed by atoms with Crippen molar-refractivity contribution in [2.24, 2.45) is 29.1 Å². The fourth-order valence-corrected chi connectivity index (χ4v) is 27.3. The van der Waals surface area contributed by atoms with Crippen molar-refractivity contribution in [2.45, 2.75) is 234 Å². The highest BCUT2D eigenvalue weighted by Gasteiger charge is 2.52. The van der Waals surface area contributed by atoms with Crippen molar-refractivity contribution < 1.29 is 54.2 Å². The third-order valence-electron chi connectivity index (χ3n) is 26.1. The van der Waals surface area contributed by atoms with E-state index in [1.54, 1.807) is 48.5 Å². The Hall–Kier alpha value is -13.7. The average molecular weight is 2010 g/mol. The molecule has 5 fully saturated rings. The number of ether oxygens (including phenoxy) is 1. The highest BCUT2D eigenvalue weighted by Crippen LogP contribution is 2.60. The largest absolute Gasteiger partial charge is 0.872 e. The highest BCUT2D eigenvalue weighted by molar-refractivity contribution is 7.98. The van der Waals surface area contributed by atoms with Gasteiger partial charge in [0.1, 0.15) is 11.4 Å². The van der Waals surface area contributed by atoms with Crippen molar-refractivity contribution in [2.75, 3.05) is 0 Å². The van der Waals surface area contributed by atoms with Crippen molar-refractivity contribution in [1.29, 1.82) is 0 Å². The zero-order chi connectivity index (χ0) is 104. The standard InChI is InChI=1S/C26H31S.C22H23OS.C22H23S.C18H15S.C14H10O3.C11H8O3.C11H16O2.C7H12O2/c1-25(2,3)20-12-16-23(17-13-20)27(22-10-8-7-9-11-22)24-18-14-21(15-19-24)26(4,5)6;1-22(2,3)23-18-14-16-21(17-15-18)24(19-10-6-4-7-11-19)20-12-8-5-9-13-20;1-22(2,3)18-14-16-21(17-15-18)23(19-10-6-4-7-11-19)20-12-8-5-9-13-20;1-4-10-16(11-5-1)19(17-12-6-2-7-13-17)18-14-8-3-9-15-18;15-13(10-5-2-1-3-6-10)11-7-4-8-12(9-11)14(16)17;12-10-6-8-4-2-1-3-7(8)5-9(10)11(13)14;12-10(13)11-4-7-1-8(5-11)3-9(2-7)6-11;8-7(9)6-4-2-1-3-5-6/h7-19H,1-6H3;4-17H,1-3H3;4-17H,1-3H3;1-15H;1-9H,(H,16,17);1-6,12H,(H,13,14);7-9H,1-6H2,(H,12,13);6H,1-5H2,(H,8,9)/q4*+1;;;;/p-4. The number of hydrogen-bond acceptors (Lipinski definition) is 10. The summed E-state index contributed by atoms with van der Waals surface area (Å²) in [6, 6.07) is 147. The van der Waals surface area contributed by atoms with Gasteiger partial charge in [0.15, 0.2) is 64.5 Å². The van der Waals surface area contributed by atoms with E-state index in [9.17, 15) is 44.4 Å². The summed E-state index contributed by atoms with van der Waals surface area (Å²) in [5.74, 6) is -1.81. The zero-order valence-electron chi connectivity index (χ0n) is 85.7. The van der Waals surface area contributed by atoms with Crippen molar-refractivity contribution in [3.8, 4) is 11.5 Å². The maximum absolute atomic E-state index is 12.0. The third kappa shape index (κ3) is 31.4. The van der Waals surface area contributed by atoms with Crippen LogP contribution >= 0.6 is 0 Å². The first-order valence-corrected chi connectivity index (χ1v) is 55.2. The molecule has 16 aromatic rings. The van der Waals surface area contributed by atoms with E-state index in [1.807, 2.05) is 12.1 Å². The fourth-order valence-electron chi connectivity index (χ4n) is 19.0. The van der Waals surface area contributed by atoms with E-state index in [0.29, 0.717) is 28.9 Å². The van der Waals surface area contributed by atoms with Crippen LogP contribution in [0.2, 0.25) is 0 Å². The monoisotopic (exact) mass is 2010 g/mol. The minimum atomic E-state index is -1.28. The Morgan fingerprint density at radius 3 is 0.822 bits per heavy atom. The second-order valence-electron chi connectivity index (χ2n) is 41.4. The van der Waals surface area contributed by atoms with Gasteiger partial charge in [0.2, 0.25) is 0 Å². The SMILES string of the molecule is CC(C)(C)Oc1ccc([S+](c2ccccc2)c2ccccc2)cc1.CC(C)(C)c1ccc([S+](c2ccccc2)c2ccc(C(C)(C)C)cc2)cc1.CC(C)(C)c1ccc([S+](c2ccccc2)c2ccccc2)cc1.O=C(O)c1cc2ccccc2cc1[O-].O=C([O-])C12CC3CC(CC(C3)C1)C2.O=C([O-])C1CCCCC1.O=C([O-])c1cccc(C(=O)c2ccccc2)c1.c1ccc([S+](c2ccccc2)c2ccccc2)cc1. The number of hydrogen-bond donors (Lipinski definition) is 1. The molecule has 21 rings (SSSR count). The molecule has 0 aromatic heterocycles. The lowest BCUT2D eigenvalue weighted by Crippen LogP contribution is -2.54. The predicted octanol–water partition coefficient (Wildman–Crippen LogP) is 28.4. The second-order valence-corrected chi connectivity index (χ2v) is 49.5. The molecule has 11 nitrogen and oxygen atoms in total. The summed E-state index contributed by atoms with van der Waals surface area (Å²) < 4.78 is 5.95. The molecule has 5 saturated carbocycles. The normalized spacial score (nSPS) is 15.5. The summed E-state index contributed by atoms with van der Waals surface area (Å²) >= 11 is 0. The quantitative estimate of drug-likeness (QED) is 0.0595. The molecule has 16 aromatic carbocycles. The van der Waals surface area contributed by atoms with Gasteiger partial charge in [-0.25, -0.2) is 4.79 Å². The summed E-state index contributed by atoms with van der Waals surface area (Å²) in [5.41, 5.74) is 4.82. The van der Waals surface area contributed by atoms with E-state index < -0.39 is 35.0 Å². The molecular formula is C131H134O11S4. The number of carboxylic acids is 4. The second kappa shape index (κ2) is 51.9. The van der Waals surface area contributed by atoms with Gasteiger partial charge < -0.3 is 44.7 Å². The van der Waals surface area contributed by atoms with Gasteiger partial charge in [0, 0.05) is 28.5 Å². The zero-order valence-corrected chi connectivity index (χ0v) is 89.0. The molecule has 0 heterocycles. The van der Waals surface area contributed by atoms with Crippen LogP contribution in [0.5, 0.6) is 11.5 Å². The first-order valence-electron chi connectivity index (χ1n) is 50.3. The van der Waals surface area contributed by atoms with Crippen molar-refractivity contribution >= 4 is 84.0 Å². The average Bonchev–Trinajstić information content (AvgIpc) is 0.741. The van der Waals surface area contributed by atoms with Crippen molar-refractivity contribution in [3.05, 3.63) is 470 Å². The fraction of sp³-hybridized carbons (Fsp3) is 0.244. The Morgan fingerprint density at radius 1 is 0.301 bits per heavy atom. The van der Waals surface area contributed by atoms with E-state index >= 15 is 0 Å². The molecule has 15 heteroatoms. The molecule has 0 saturated heterocycles. The molecule has 0 amide bonds. The molecule has 0 radical (unpaired) electrons. The Balaban J connectivity index is 0.000000142. The molecule has 748 valence electrons. The summed E-state index contributed by atoms with van der Waals surface area (Å²) in [6.45, 7) is 26.6. The molecule has 5 aliphatic carbocycles. The molecule has 146 heavy (non-hydrogen) atoms. The number of ketones is 1. The van der Waals surface area contributed by atoms with Gasteiger partial charge in [-0.2, -0.15) is 0 Å². The summed E-state index contributed by atoms with van der Waals surface area (Å²) in [4.78, 5) is 71.0. The minimum Gasteiger partial charge on any atom is -0.872 e. The predicted molar refractivity (Wildman–Crippen MR) is 591 cm³/mol. The maximum Gasteiger partial charge on any atom is 0.335 e. The van der Waals surface area contributed by atoms with Crippen LogP contribution in [0.1, 0.15) is 207 Å². The summed E-state index contributed by atoms with van der Waals surface area (Å²) in [5, 5.41) is 53.6. The van der Waals surface area contributed by atoms with Gasteiger partial charge in [-0.05, 0) is 315 Å². The van der Waals surface area contributed by atoms with Crippen LogP contribution < -0.4 is 25.2 Å². The lowest BCUT2D eigenvalue weighted by Gasteiger charge is -2.57. The number of fused-ring (bicyclic) bond motifs is 1. The number of aliphatic carboxylic acids is 2. The first-order chi connectivity index (χ1) is 70.0. The Morgan fingerprint density at radius 2 is 0.562 bits per heavy atom. The van der Waals surface area contributed by atoms with Gasteiger partial charge in [-0.1, -0.05) is 348 Å². The van der Waals surface area contributed by atoms with Crippen LogP contribution in [0.3, 0.4) is 0 Å². The van der Waals surface area contributed by atoms with Crippen LogP contribution in [-0.2, 0) is 69.4 Å². The number of carbonyl (C=O) groups excluding carboxylic acids is 4. The van der Waals surface area contributed by atoms with Gasteiger partial charge in [-0.15, -0.1) is 0 Å². The van der Waals surface area contributed by atoms with Crippen LogP contribution in [0.4, 0.5) is 0 Å². The van der Waals surface area contributed by atoms with E-state index in [4.69, 9.17) is 9.84 Å². The number of benzene rings is 16. The van der Waals surface area contributed by atoms with E-state index in [0.717, 1.165) is 61.5 Å². The van der Waals surface area contributed by atoms with Crippen LogP contribution in [-0.4, -0.2) is 40.4 Å². The lowest BCUT2D eigenvalue weighted by molar-refractivity contribution is -0.327. The molecular weight excluding hydrogens is 1880 g/mol.